The molecule has 0 bridgehead atoms. The minimum absolute atomic E-state index is 0.0183. The molecule has 0 fully saturated rings. The molecule has 3 aromatic carbocycles. The third-order valence-corrected chi connectivity index (χ3v) is 5.28. The van der Waals surface area contributed by atoms with Gasteiger partial charge in [-0.05, 0) is 60.9 Å². The zero-order valence-corrected chi connectivity index (χ0v) is 19.5. The van der Waals surface area contributed by atoms with Crippen molar-refractivity contribution in [1.82, 2.24) is 0 Å². The molecule has 0 aliphatic heterocycles. The van der Waals surface area contributed by atoms with Crippen molar-refractivity contribution in [3.05, 3.63) is 83.4 Å². The van der Waals surface area contributed by atoms with E-state index in [1.807, 2.05) is 13.8 Å². The van der Waals surface area contributed by atoms with Crippen LogP contribution in [0.15, 0.2) is 66.7 Å². The van der Waals surface area contributed by atoms with Crippen LogP contribution in [0.1, 0.15) is 36.5 Å². The van der Waals surface area contributed by atoms with E-state index in [9.17, 15) is 18.0 Å². The van der Waals surface area contributed by atoms with E-state index in [0.29, 0.717) is 36.5 Å². The molecular formula is C27H27F3O5. The van der Waals surface area contributed by atoms with Gasteiger partial charge >= 0.3 is 12.1 Å². The minimum Gasteiger partial charge on any atom is -0.493 e. The van der Waals surface area contributed by atoms with Crippen LogP contribution in [0.5, 0.6) is 23.0 Å². The molecule has 3 rings (SSSR count). The van der Waals surface area contributed by atoms with Crippen LogP contribution in [0, 0.1) is 6.92 Å². The number of halogens is 3. The Bertz CT molecular complexity index is 1130. The molecule has 0 saturated heterocycles. The van der Waals surface area contributed by atoms with E-state index in [1.165, 1.54) is 6.07 Å². The van der Waals surface area contributed by atoms with Crippen molar-refractivity contribution in [2.24, 2.45) is 0 Å². The second-order valence-electron chi connectivity index (χ2n) is 8.03. The number of hydrogen-bond acceptors (Lipinski definition) is 4. The molecule has 1 N–H and O–H groups in total. The lowest BCUT2D eigenvalue weighted by molar-refractivity contribution is -0.138. The molecule has 0 aliphatic rings. The van der Waals surface area contributed by atoms with E-state index in [2.05, 4.69) is 0 Å². The highest BCUT2D eigenvalue weighted by atomic mass is 19.4. The molecule has 0 radical (unpaired) electrons. The first-order valence-electron chi connectivity index (χ1n) is 11.2. The van der Waals surface area contributed by atoms with Gasteiger partial charge in [0.2, 0.25) is 0 Å². The lowest BCUT2D eigenvalue weighted by Gasteiger charge is -2.21. The number of carbonyl (C=O) groups is 1. The Hall–Kier alpha value is -3.68. The normalized spacial score (nSPS) is 12.1. The van der Waals surface area contributed by atoms with Crippen LogP contribution >= 0.6 is 0 Å². The summed E-state index contributed by atoms with van der Waals surface area (Å²) in [6.07, 6.45) is -3.81. The maximum Gasteiger partial charge on any atom is 0.416 e. The average Bonchev–Trinajstić information content (AvgIpc) is 2.80. The van der Waals surface area contributed by atoms with Crippen LogP contribution in [0.2, 0.25) is 0 Å². The van der Waals surface area contributed by atoms with Crippen LogP contribution in [-0.4, -0.2) is 23.8 Å². The maximum absolute atomic E-state index is 13.3. The third-order valence-electron chi connectivity index (χ3n) is 5.28. The molecule has 0 aromatic heterocycles. The standard InChI is InChI=1S/C27H27F3O5/c1-3-21(13-14-33-23-11-9-19(15-18(23)2)16-26(31)32)34-24-12-10-20(27(28,29)30)17-25(24)35-22-7-5-4-6-8-22/h4-12,15,17,21H,3,13-14,16H2,1-2H3,(H,31,32). The molecule has 1 atom stereocenters. The van der Waals surface area contributed by atoms with E-state index in [-0.39, 0.29) is 24.0 Å². The number of hydrogen-bond donors (Lipinski definition) is 1. The number of carboxylic acids is 1. The highest BCUT2D eigenvalue weighted by Crippen LogP contribution is 2.39. The predicted molar refractivity (Wildman–Crippen MR) is 125 cm³/mol. The highest BCUT2D eigenvalue weighted by Gasteiger charge is 2.32. The summed E-state index contributed by atoms with van der Waals surface area (Å²) in [7, 11) is 0. The fraction of sp³-hybridized carbons (Fsp3) is 0.296. The van der Waals surface area contributed by atoms with Crippen LogP contribution < -0.4 is 14.2 Å². The van der Waals surface area contributed by atoms with Crippen molar-refractivity contribution in [3.8, 4) is 23.0 Å². The Kier molecular flexibility index (Phi) is 8.63. The average molecular weight is 489 g/mol. The van der Waals surface area contributed by atoms with E-state index in [0.717, 1.165) is 17.7 Å². The van der Waals surface area contributed by atoms with Crippen molar-refractivity contribution in [3.63, 3.8) is 0 Å². The fourth-order valence-corrected chi connectivity index (χ4v) is 3.46. The molecule has 0 aliphatic carbocycles. The molecule has 5 nitrogen and oxygen atoms in total. The predicted octanol–water partition coefficient (Wildman–Crippen LogP) is 7.06. The number of alkyl halides is 3. The van der Waals surface area contributed by atoms with Crippen LogP contribution in [0.4, 0.5) is 13.2 Å². The van der Waals surface area contributed by atoms with Gasteiger partial charge in [-0.1, -0.05) is 37.3 Å². The van der Waals surface area contributed by atoms with Gasteiger partial charge in [0.05, 0.1) is 18.6 Å². The summed E-state index contributed by atoms with van der Waals surface area (Å²) in [6, 6.07) is 16.9. The summed E-state index contributed by atoms with van der Waals surface area (Å²) in [5, 5.41) is 8.93. The molecule has 0 heterocycles. The van der Waals surface area contributed by atoms with Crippen molar-refractivity contribution >= 4 is 5.97 Å². The Labute approximate surface area is 202 Å². The van der Waals surface area contributed by atoms with E-state index >= 15 is 0 Å². The van der Waals surface area contributed by atoms with Gasteiger partial charge in [-0.3, -0.25) is 4.79 Å². The van der Waals surface area contributed by atoms with Crippen LogP contribution in [-0.2, 0) is 17.4 Å². The monoisotopic (exact) mass is 488 g/mol. The van der Waals surface area contributed by atoms with Gasteiger partial charge in [0.25, 0.3) is 0 Å². The van der Waals surface area contributed by atoms with Gasteiger partial charge in [-0.25, -0.2) is 0 Å². The molecule has 35 heavy (non-hydrogen) atoms. The molecular weight excluding hydrogens is 461 g/mol. The molecule has 8 heteroatoms. The number of para-hydroxylation sites is 1. The Morgan fingerprint density at radius 2 is 1.69 bits per heavy atom. The number of rotatable bonds is 11. The van der Waals surface area contributed by atoms with E-state index in [1.54, 1.807) is 48.5 Å². The van der Waals surface area contributed by atoms with Gasteiger partial charge in [0.15, 0.2) is 11.5 Å². The Morgan fingerprint density at radius 1 is 0.971 bits per heavy atom. The SMILES string of the molecule is CCC(CCOc1ccc(CC(=O)O)cc1C)Oc1ccc(C(F)(F)F)cc1Oc1ccccc1. The van der Waals surface area contributed by atoms with Crippen LogP contribution in [0.25, 0.3) is 0 Å². The lowest BCUT2D eigenvalue weighted by atomic mass is 10.1. The van der Waals surface area contributed by atoms with Gasteiger partial charge in [-0.2, -0.15) is 13.2 Å². The summed E-state index contributed by atoms with van der Waals surface area (Å²) in [4.78, 5) is 10.9. The van der Waals surface area contributed by atoms with Crippen LogP contribution in [0.3, 0.4) is 0 Å². The third kappa shape index (κ3) is 7.67. The minimum atomic E-state index is -4.51. The Morgan fingerprint density at radius 3 is 2.31 bits per heavy atom. The molecule has 186 valence electrons. The summed E-state index contributed by atoms with van der Waals surface area (Å²) in [5.74, 6) is 0.324. The first-order valence-corrected chi connectivity index (χ1v) is 11.2. The number of ether oxygens (including phenoxy) is 3. The van der Waals surface area contributed by atoms with E-state index < -0.39 is 17.7 Å². The van der Waals surface area contributed by atoms with Crippen molar-refractivity contribution in [2.75, 3.05) is 6.61 Å². The van der Waals surface area contributed by atoms with Crippen molar-refractivity contribution in [2.45, 2.75) is 45.4 Å². The number of aliphatic carboxylic acids is 1. The molecule has 3 aromatic rings. The van der Waals surface area contributed by atoms with Gasteiger partial charge in [0, 0.05) is 6.42 Å². The number of aryl methyl sites for hydroxylation is 1. The van der Waals surface area contributed by atoms with Gasteiger partial charge < -0.3 is 19.3 Å². The molecule has 0 amide bonds. The topological polar surface area (TPSA) is 65.0 Å². The zero-order chi connectivity index (χ0) is 25.4. The maximum atomic E-state index is 13.3. The molecule has 0 saturated carbocycles. The summed E-state index contributed by atoms with van der Waals surface area (Å²) in [6.45, 7) is 4.06. The fourth-order valence-electron chi connectivity index (χ4n) is 3.46. The molecule has 1 unspecified atom stereocenters. The second-order valence-corrected chi connectivity index (χ2v) is 8.03. The first-order chi connectivity index (χ1) is 16.7. The van der Waals surface area contributed by atoms with Crippen molar-refractivity contribution in [1.29, 1.82) is 0 Å². The Balaban J connectivity index is 1.69. The van der Waals surface area contributed by atoms with E-state index in [4.69, 9.17) is 19.3 Å². The lowest BCUT2D eigenvalue weighted by Crippen LogP contribution is -2.19. The summed E-state index contributed by atoms with van der Waals surface area (Å²) < 4.78 is 57.4. The largest absolute Gasteiger partial charge is 0.493 e. The summed E-state index contributed by atoms with van der Waals surface area (Å²) in [5.41, 5.74) is 0.679. The quantitative estimate of drug-likeness (QED) is 0.313. The van der Waals surface area contributed by atoms with Gasteiger partial charge in [0.1, 0.15) is 17.6 Å². The number of carboxylic acid groups (broad SMARTS) is 1. The second kappa shape index (κ2) is 11.6. The zero-order valence-electron chi connectivity index (χ0n) is 19.5. The molecule has 0 spiro atoms. The summed E-state index contributed by atoms with van der Waals surface area (Å²) >= 11 is 0. The smallest absolute Gasteiger partial charge is 0.416 e. The first kappa shape index (κ1) is 25.9. The number of benzene rings is 3. The van der Waals surface area contributed by atoms with Gasteiger partial charge in [-0.15, -0.1) is 0 Å². The highest BCUT2D eigenvalue weighted by molar-refractivity contribution is 5.70. The van der Waals surface area contributed by atoms with Crippen molar-refractivity contribution < 1.29 is 37.3 Å².